The number of Topliss-reactive ketones (excluding diaryl/α,β-unsaturated/α-hetero) is 1. The minimum absolute atomic E-state index is 0.0214. The van der Waals surface area contributed by atoms with Crippen molar-refractivity contribution < 1.29 is 19.5 Å². The van der Waals surface area contributed by atoms with Crippen LogP contribution < -0.4 is 10.6 Å². The number of hydrogen-bond donors (Lipinski definition) is 3. The lowest BCUT2D eigenvalue weighted by Crippen LogP contribution is -2.23. The van der Waals surface area contributed by atoms with Crippen LogP contribution in [-0.4, -0.2) is 22.9 Å². The predicted molar refractivity (Wildman–Crippen MR) is 124 cm³/mol. The molecule has 3 aromatic rings. The summed E-state index contributed by atoms with van der Waals surface area (Å²) >= 11 is 0. The van der Waals surface area contributed by atoms with E-state index in [9.17, 15) is 14.4 Å². The summed E-state index contributed by atoms with van der Waals surface area (Å²) in [6.07, 6.45) is 1.86. The first-order valence-electron chi connectivity index (χ1n) is 10.6. The van der Waals surface area contributed by atoms with Gasteiger partial charge in [-0.1, -0.05) is 48.5 Å². The van der Waals surface area contributed by atoms with Gasteiger partial charge >= 0.3 is 12.0 Å². The summed E-state index contributed by atoms with van der Waals surface area (Å²) in [5.41, 5.74) is 5.09. The van der Waals surface area contributed by atoms with Crippen molar-refractivity contribution in [2.24, 2.45) is 5.92 Å². The summed E-state index contributed by atoms with van der Waals surface area (Å²) in [4.78, 5) is 35.7. The van der Waals surface area contributed by atoms with E-state index in [1.54, 1.807) is 0 Å². The molecule has 1 atom stereocenters. The fourth-order valence-corrected chi connectivity index (χ4v) is 4.04. The third-order valence-electron chi connectivity index (χ3n) is 5.72. The van der Waals surface area contributed by atoms with Gasteiger partial charge < -0.3 is 15.7 Å². The van der Waals surface area contributed by atoms with Crippen LogP contribution in [0.4, 0.5) is 16.2 Å². The first kappa shape index (κ1) is 21.3. The molecule has 0 heterocycles. The van der Waals surface area contributed by atoms with Crippen LogP contribution in [0.1, 0.15) is 35.2 Å². The topological polar surface area (TPSA) is 95.5 Å². The fraction of sp³-hybridized carbons (Fsp3) is 0.192. The summed E-state index contributed by atoms with van der Waals surface area (Å²) in [5.74, 6) is -1.03. The highest BCUT2D eigenvalue weighted by molar-refractivity contribution is 6.01. The number of ketones is 1. The number of carbonyl (C=O) groups excluding carboxylic acids is 2. The number of hydrogen-bond acceptors (Lipinski definition) is 3. The Hall–Kier alpha value is -3.93. The standard InChI is InChI=1S/C26H24N2O4/c29-24(30)15-11-18-6-7-20-16-19(10-14-23(20)25(18)31)17-8-12-22(13-9-17)28-26(32)27-21-4-2-1-3-5-21/h1-5,8-10,12-14,16,18H,6-7,11,15H2,(H,29,30)(H2,27,28,32). The Bertz CT molecular complexity index is 1140. The number of urea groups is 1. The maximum atomic E-state index is 12.7. The lowest BCUT2D eigenvalue weighted by Gasteiger charge is -2.23. The number of nitrogens with one attached hydrogen (secondary N) is 2. The molecule has 0 radical (unpaired) electrons. The Morgan fingerprint density at radius 1 is 0.875 bits per heavy atom. The molecule has 3 aromatic carbocycles. The van der Waals surface area contributed by atoms with Crippen LogP contribution in [0.25, 0.3) is 11.1 Å². The number of aliphatic carboxylic acids is 1. The lowest BCUT2D eigenvalue weighted by atomic mass is 9.79. The second kappa shape index (κ2) is 9.47. The molecule has 162 valence electrons. The summed E-state index contributed by atoms with van der Waals surface area (Å²) in [5, 5.41) is 14.5. The molecule has 2 amide bonds. The van der Waals surface area contributed by atoms with Gasteiger partial charge in [-0.05, 0) is 60.2 Å². The van der Waals surface area contributed by atoms with Gasteiger partial charge in [0.05, 0.1) is 0 Å². The van der Waals surface area contributed by atoms with Gasteiger partial charge in [0.2, 0.25) is 0 Å². The van der Waals surface area contributed by atoms with Crippen LogP contribution in [0.15, 0.2) is 72.8 Å². The van der Waals surface area contributed by atoms with Crippen molar-refractivity contribution in [3.8, 4) is 11.1 Å². The molecular weight excluding hydrogens is 404 g/mol. The number of fused-ring (bicyclic) bond motifs is 1. The number of aryl methyl sites for hydroxylation is 1. The molecule has 0 aromatic heterocycles. The quantitative estimate of drug-likeness (QED) is 0.476. The Morgan fingerprint density at radius 2 is 1.53 bits per heavy atom. The monoisotopic (exact) mass is 428 g/mol. The Morgan fingerprint density at radius 3 is 2.22 bits per heavy atom. The van der Waals surface area contributed by atoms with E-state index >= 15 is 0 Å². The highest BCUT2D eigenvalue weighted by Crippen LogP contribution is 2.32. The van der Waals surface area contributed by atoms with Crippen LogP contribution in [0.2, 0.25) is 0 Å². The Labute approximate surface area is 186 Å². The van der Waals surface area contributed by atoms with E-state index in [1.807, 2.05) is 72.8 Å². The number of para-hydroxylation sites is 1. The minimum Gasteiger partial charge on any atom is -0.481 e. The molecule has 0 spiro atoms. The van der Waals surface area contributed by atoms with Crippen molar-refractivity contribution in [2.75, 3.05) is 10.6 Å². The highest BCUT2D eigenvalue weighted by atomic mass is 16.4. The van der Waals surface area contributed by atoms with E-state index in [4.69, 9.17) is 5.11 Å². The molecule has 0 saturated heterocycles. The van der Waals surface area contributed by atoms with E-state index in [0.717, 1.165) is 28.8 Å². The molecule has 0 bridgehead atoms. The largest absolute Gasteiger partial charge is 0.481 e. The summed E-state index contributed by atoms with van der Waals surface area (Å²) < 4.78 is 0. The van der Waals surface area contributed by atoms with Gasteiger partial charge in [-0.3, -0.25) is 9.59 Å². The number of rotatable bonds is 6. The Balaban J connectivity index is 1.42. The third kappa shape index (κ3) is 5.03. The van der Waals surface area contributed by atoms with Crippen LogP contribution >= 0.6 is 0 Å². The molecule has 1 aliphatic rings. The van der Waals surface area contributed by atoms with Crippen molar-refractivity contribution >= 4 is 29.2 Å². The molecular formula is C26H24N2O4. The number of carboxylic acid groups (broad SMARTS) is 1. The van der Waals surface area contributed by atoms with Crippen molar-refractivity contribution in [3.63, 3.8) is 0 Å². The molecule has 32 heavy (non-hydrogen) atoms. The average Bonchev–Trinajstić information content (AvgIpc) is 2.79. The first-order chi connectivity index (χ1) is 15.5. The van der Waals surface area contributed by atoms with Gasteiger partial charge in [0.25, 0.3) is 0 Å². The van der Waals surface area contributed by atoms with Crippen LogP contribution in [-0.2, 0) is 11.2 Å². The minimum atomic E-state index is -0.866. The van der Waals surface area contributed by atoms with E-state index in [2.05, 4.69) is 10.6 Å². The van der Waals surface area contributed by atoms with Crippen LogP contribution in [0, 0.1) is 5.92 Å². The SMILES string of the molecule is O=C(O)CCC1CCc2cc(-c3ccc(NC(=O)Nc4ccccc4)cc3)ccc2C1=O. The number of benzene rings is 3. The highest BCUT2D eigenvalue weighted by Gasteiger charge is 2.27. The fourth-order valence-electron chi connectivity index (χ4n) is 4.04. The van der Waals surface area contributed by atoms with E-state index < -0.39 is 5.97 Å². The summed E-state index contributed by atoms with van der Waals surface area (Å²) in [6.45, 7) is 0. The molecule has 3 N–H and O–H groups in total. The van der Waals surface area contributed by atoms with Gasteiger partial charge in [-0.15, -0.1) is 0 Å². The second-order valence-corrected chi connectivity index (χ2v) is 7.93. The van der Waals surface area contributed by atoms with Crippen LogP contribution in [0.3, 0.4) is 0 Å². The molecule has 1 unspecified atom stereocenters. The predicted octanol–water partition coefficient (Wildman–Crippen LogP) is 5.61. The van der Waals surface area contributed by atoms with Crippen molar-refractivity contribution in [2.45, 2.75) is 25.7 Å². The van der Waals surface area contributed by atoms with Gasteiger partial charge in [-0.2, -0.15) is 0 Å². The average molecular weight is 428 g/mol. The zero-order chi connectivity index (χ0) is 22.5. The molecule has 6 nitrogen and oxygen atoms in total. The maximum Gasteiger partial charge on any atom is 0.323 e. The van der Waals surface area contributed by atoms with Crippen molar-refractivity contribution in [1.29, 1.82) is 0 Å². The zero-order valence-corrected chi connectivity index (χ0v) is 17.5. The van der Waals surface area contributed by atoms with E-state index in [1.165, 1.54) is 0 Å². The summed E-state index contributed by atoms with van der Waals surface area (Å²) in [6, 6.07) is 22.3. The number of carbonyl (C=O) groups is 3. The van der Waals surface area contributed by atoms with Gasteiger partial charge in [0.15, 0.2) is 5.78 Å². The first-order valence-corrected chi connectivity index (χ1v) is 10.6. The maximum absolute atomic E-state index is 12.7. The van der Waals surface area contributed by atoms with Crippen molar-refractivity contribution in [3.05, 3.63) is 83.9 Å². The smallest absolute Gasteiger partial charge is 0.323 e. The normalized spacial score (nSPS) is 15.0. The third-order valence-corrected chi connectivity index (χ3v) is 5.72. The molecule has 0 saturated carbocycles. The molecule has 1 aliphatic carbocycles. The van der Waals surface area contributed by atoms with E-state index in [0.29, 0.717) is 24.1 Å². The molecule has 6 heteroatoms. The molecule has 0 aliphatic heterocycles. The Kier molecular flexibility index (Phi) is 6.31. The van der Waals surface area contributed by atoms with Crippen molar-refractivity contribution in [1.82, 2.24) is 0 Å². The van der Waals surface area contributed by atoms with Gasteiger partial charge in [0.1, 0.15) is 0 Å². The van der Waals surface area contributed by atoms with Crippen LogP contribution in [0.5, 0.6) is 0 Å². The molecule has 4 rings (SSSR count). The number of amides is 2. The van der Waals surface area contributed by atoms with E-state index in [-0.39, 0.29) is 24.2 Å². The summed E-state index contributed by atoms with van der Waals surface area (Å²) in [7, 11) is 0. The lowest BCUT2D eigenvalue weighted by molar-refractivity contribution is -0.137. The van der Waals surface area contributed by atoms with Gasteiger partial charge in [-0.25, -0.2) is 4.79 Å². The molecule has 0 fully saturated rings. The number of carboxylic acids is 1. The number of anilines is 2. The zero-order valence-electron chi connectivity index (χ0n) is 17.5. The van der Waals surface area contributed by atoms with Gasteiger partial charge in [0, 0.05) is 29.3 Å². The second-order valence-electron chi connectivity index (χ2n) is 7.93.